The highest BCUT2D eigenvalue weighted by atomic mass is 16.5. The van der Waals surface area contributed by atoms with Crippen molar-refractivity contribution in [3.05, 3.63) is 12.0 Å². The number of hydrogen-bond donors (Lipinski definition) is 0. The third kappa shape index (κ3) is 7.50. The monoisotopic (exact) mass is 322 g/mol. The standard InChI is InChI=1S/C20H38N2O/c1-4-7-8-9-10-11-12-13-14-15-16-17-20(5-2,6-3)19-18-21-22-23-19/h18H,4-17H2,1-3H3. The molecule has 0 saturated carbocycles. The Labute approximate surface area is 143 Å². The molecule has 0 atom stereocenters. The van der Waals surface area contributed by atoms with Crippen LogP contribution in [0.5, 0.6) is 0 Å². The molecule has 0 aliphatic rings. The molecule has 3 heteroatoms. The molecule has 134 valence electrons. The van der Waals surface area contributed by atoms with Crippen molar-refractivity contribution in [3.8, 4) is 0 Å². The smallest absolute Gasteiger partial charge is 0.163 e. The molecular formula is C20H38N2O. The molecule has 1 heterocycles. The number of hydrogen-bond acceptors (Lipinski definition) is 3. The summed E-state index contributed by atoms with van der Waals surface area (Å²) in [5, 5.41) is 7.54. The Morgan fingerprint density at radius 3 is 1.74 bits per heavy atom. The van der Waals surface area contributed by atoms with Crippen LogP contribution in [0.2, 0.25) is 0 Å². The van der Waals surface area contributed by atoms with Gasteiger partial charge in [0.05, 0.1) is 6.20 Å². The molecule has 0 radical (unpaired) electrons. The second-order valence-electron chi connectivity index (χ2n) is 7.05. The van der Waals surface area contributed by atoms with Gasteiger partial charge in [0.25, 0.3) is 0 Å². The largest absolute Gasteiger partial charge is 0.342 e. The van der Waals surface area contributed by atoms with Gasteiger partial charge in [-0.25, -0.2) is 0 Å². The van der Waals surface area contributed by atoms with Crippen LogP contribution in [0.4, 0.5) is 0 Å². The van der Waals surface area contributed by atoms with Crippen LogP contribution in [0.25, 0.3) is 0 Å². The second kappa shape index (κ2) is 12.5. The minimum absolute atomic E-state index is 0.156. The van der Waals surface area contributed by atoms with Gasteiger partial charge >= 0.3 is 0 Å². The molecule has 0 amide bonds. The highest BCUT2D eigenvalue weighted by molar-refractivity contribution is 5.08. The molecule has 0 aromatic carbocycles. The summed E-state index contributed by atoms with van der Waals surface area (Å²) in [6.45, 7) is 6.79. The van der Waals surface area contributed by atoms with Gasteiger partial charge in [0, 0.05) is 10.7 Å². The van der Waals surface area contributed by atoms with E-state index in [-0.39, 0.29) is 5.41 Å². The zero-order valence-corrected chi connectivity index (χ0v) is 15.8. The minimum Gasteiger partial charge on any atom is -0.342 e. The van der Waals surface area contributed by atoms with Crippen molar-refractivity contribution in [1.29, 1.82) is 0 Å². The molecule has 0 N–H and O–H groups in total. The first-order valence-corrected chi connectivity index (χ1v) is 10.1. The fourth-order valence-electron chi connectivity index (χ4n) is 3.60. The van der Waals surface area contributed by atoms with Crippen LogP contribution < -0.4 is 0 Å². The first kappa shape index (κ1) is 20.2. The van der Waals surface area contributed by atoms with Crippen molar-refractivity contribution >= 4 is 0 Å². The summed E-state index contributed by atoms with van der Waals surface area (Å²) in [6.07, 6.45) is 20.6. The lowest BCUT2D eigenvalue weighted by Gasteiger charge is -2.28. The van der Waals surface area contributed by atoms with Gasteiger partial charge in [-0.2, -0.15) is 0 Å². The van der Waals surface area contributed by atoms with E-state index in [0.29, 0.717) is 0 Å². The fourth-order valence-corrected chi connectivity index (χ4v) is 3.60. The van der Waals surface area contributed by atoms with E-state index in [0.717, 1.165) is 18.6 Å². The first-order chi connectivity index (χ1) is 11.3. The van der Waals surface area contributed by atoms with Crippen LogP contribution in [0.15, 0.2) is 10.7 Å². The maximum absolute atomic E-state index is 5.37. The predicted molar refractivity (Wildman–Crippen MR) is 97.6 cm³/mol. The summed E-state index contributed by atoms with van der Waals surface area (Å²) in [6, 6.07) is 0. The predicted octanol–water partition coefficient (Wildman–Crippen LogP) is 6.83. The van der Waals surface area contributed by atoms with E-state index >= 15 is 0 Å². The quantitative estimate of drug-likeness (QED) is 0.332. The Morgan fingerprint density at radius 1 is 0.783 bits per heavy atom. The van der Waals surface area contributed by atoms with Crippen molar-refractivity contribution < 1.29 is 4.52 Å². The van der Waals surface area contributed by atoms with Crippen molar-refractivity contribution in [2.75, 3.05) is 0 Å². The Balaban J connectivity index is 2.07. The number of aromatic nitrogens is 2. The van der Waals surface area contributed by atoms with E-state index in [1.807, 2.05) is 6.20 Å². The molecule has 23 heavy (non-hydrogen) atoms. The van der Waals surface area contributed by atoms with Gasteiger partial charge in [0.15, 0.2) is 5.76 Å². The zero-order chi connectivity index (χ0) is 16.8. The molecule has 0 fully saturated rings. The summed E-state index contributed by atoms with van der Waals surface area (Å²) < 4.78 is 5.37. The van der Waals surface area contributed by atoms with Crippen LogP contribution in [0.1, 0.15) is 116 Å². The van der Waals surface area contributed by atoms with E-state index in [1.54, 1.807) is 0 Å². The Hall–Kier alpha value is -0.860. The van der Waals surface area contributed by atoms with Gasteiger partial charge in [-0.1, -0.05) is 91.4 Å². The average molecular weight is 323 g/mol. The lowest BCUT2D eigenvalue weighted by molar-refractivity contribution is 0.246. The Morgan fingerprint density at radius 2 is 1.30 bits per heavy atom. The van der Waals surface area contributed by atoms with Gasteiger partial charge in [-0.05, 0) is 19.3 Å². The molecule has 0 saturated heterocycles. The van der Waals surface area contributed by atoms with E-state index in [9.17, 15) is 0 Å². The van der Waals surface area contributed by atoms with Gasteiger partial charge in [-0.15, -0.1) is 5.10 Å². The zero-order valence-electron chi connectivity index (χ0n) is 15.8. The Bertz CT molecular complexity index is 358. The maximum atomic E-state index is 5.37. The number of rotatable bonds is 15. The van der Waals surface area contributed by atoms with E-state index in [1.165, 1.54) is 77.0 Å². The number of nitrogens with zero attached hydrogens (tertiary/aromatic N) is 2. The van der Waals surface area contributed by atoms with E-state index < -0.39 is 0 Å². The van der Waals surface area contributed by atoms with Crippen molar-refractivity contribution in [3.63, 3.8) is 0 Å². The summed E-state index contributed by atoms with van der Waals surface area (Å²) in [7, 11) is 0. The maximum Gasteiger partial charge on any atom is 0.163 e. The SMILES string of the molecule is CCCCCCCCCCCCCC(CC)(CC)c1cnno1. The molecule has 0 unspecified atom stereocenters. The lowest BCUT2D eigenvalue weighted by atomic mass is 9.76. The fraction of sp³-hybridized carbons (Fsp3) is 0.900. The third-order valence-electron chi connectivity index (χ3n) is 5.50. The second-order valence-corrected chi connectivity index (χ2v) is 7.05. The van der Waals surface area contributed by atoms with Crippen molar-refractivity contribution in [2.45, 2.75) is 116 Å². The van der Waals surface area contributed by atoms with Gasteiger partial charge in [0.2, 0.25) is 0 Å². The summed E-state index contributed by atoms with van der Waals surface area (Å²) in [5.41, 5.74) is 0.156. The molecule has 0 aliphatic heterocycles. The van der Waals surface area contributed by atoms with Crippen LogP contribution >= 0.6 is 0 Å². The van der Waals surface area contributed by atoms with E-state index in [2.05, 4.69) is 31.1 Å². The lowest BCUT2D eigenvalue weighted by Crippen LogP contribution is -2.23. The molecule has 0 spiro atoms. The van der Waals surface area contributed by atoms with E-state index in [4.69, 9.17) is 4.52 Å². The Kier molecular flexibility index (Phi) is 11.0. The molecule has 1 rings (SSSR count). The number of unbranched alkanes of at least 4 members (excludes halogenated alkanes) is 10. The average Bonchev–Trinajstić information content (AvgIpc) is 3.12. The topological polar surface area (TPSA) is 38.9 Å². The molecular weight excluding hydrogens is 284 g/mol. The molecule has 0 aliphatic carbocycles. The minimum atomic E-state index is 0.156. The molecule has 1 aromatic heterocycles. The van der Waals surface area contributed by atoms with Crippen molar-refractivity contribution in [1.82, 2.24) is 10.4 Å². The summed E-state index contributed by atoms with van der Waals surface area (Å²) in [5.74, 6) is 0.981. The highest BCUT2D eigenvalue weighted by Gasteiger charge is 2.31. The summed E-state index contributed by atoms with van der Waals surface area (Å²) in [4.78, 5) is 0. The van der Waals surface area contributed by atoms with Crippen molar-refractivity contribution in [2.24, 2.45) is 0 Å². The molecule has 3 nitrogen and oxygen atoms in total. The van der Waals surface area contributed by atoms with Gasteiger partial charge in [-0.3, -0.25) is 0 Å². The molecule has 0 bridgehead atoms. The molecule has 1 aromatic rings. The van der Waals surface area contributed by atoms with Crippen LogP contribution in [-0.2, 0) is 5.41 Å². The van der Waals surface area contributed by atoms with Gasteiger partial charge < -0.3 is 4.52 Å². The van der Waals surface area contributed by atoms with Gasteiger partial charge in [0.1, 0.15) is 0 Å². The summed E-state index contributed by atoms with van der Waals surface area (Å²) >= 11 is 0. The highest BCUT2D eigenvalue weighted by Crippen LogP contribution is 2.36. The van der Waals surface area contributed by atoms with Crippen LogP contribution in [0.3, 0.4) is 0 Å². The first-order valence-electron chi connectivity index (χ1n) is 10.1. The van der Waals surface area contributed by atoms with Crippen LogP contribution in [0, 0.1) is 0 Å². The van der Waals surface area contributed by atoms with Crippen LogP contribution in [-0.4, -0.2) is 10.4 Å². The normalized spacial score (nSPS) is 12.0. The third-order valence-corrected chi connectivity index (χ3v) is 5.50.